The molecule has 0 N–H and O–H groups in total. The van der Waals surface area contributed by atoms with Gasteiger partial charge in [0, 0.05) is 16.8 Å². The SMILES string of the molecule is Cc1nc(Cl)cc2cc(Cl)nc(C)c12. The summed E-state index contributed by atoms with van der Waals surface area (Å²) in [7, 11) is 0. The maximum absolute atomic E-state index is 5.85. The summed E-state index contributed by atoms with van der Waals surface area (Å²) in [6.45, 7) is 3.83. The first kappa shape index (κ1) is 9.69. The molecule has 14 heavy (non-hydrogen) atoms. The zero-order chi connectivity index (χ0) is 10.3. The summed E-state index contributed by atoms with van der Waals surface area (Å²) in [6, 6.07) is 3.59. The van der Waals surface area contributed by atoms with E-state index in [0.717, 1.165) is 22.2 Å². The Kier molecular flexibility index (Phi) is 2.33. The number of aromatic nitrogens is 2. The lowest BCUT2D eigenvalue weighted by Crippen LogP contribution is -1.91. The molecule has 0 saturated carbocycles. The highest BCUT2D eigenvalue weighted by Gasteiger charge is 2.06. The number of hydrogen-bond acceptors (Lipinski definition) is 2. The third kappa shape index (κ3) is 1.56. The van der Waals surface area contributed by atoms with E-state index >= 15 is 0 Å². The zero-order valence-corrected chi connectivity index (χ0v) is 9.32. The summed E-state index contributed by atoms with van der Waals surface area (Å²) in [5.41, 5.74) is 1.77. The van der Waals surface area contributed by atoms with Crippen LogP contribution in [-0.2, 0) is 0 Å². The highest BCUT2D eigenvalue weighted by atomic mass is 35.5. The molecule has 0 aliphatic heterocycles. The smallest absolute Gasteiger partial charge is 0.129 e. The molecular weight excluding hydrogens is 219 g/mol. The molecule has 0 unspecified atom stereocenters. The number of nitrogens with zero attached hydrogens (tertiary/aromatic N) is 2. The first-order valence-electron chi connectivity index (χ1n) is 4.18. The van der Waals surface area contributed by atoms with Gasteiger partial charge >= 0.3 is 0 Å². The van der Waals surface area contributed by atoms with E-state index in [9.17, 15) is 0 Å². The quantitative estimate of drug-likeness (QED) is 0.643. The van der Waals surface area contributed by atoms with Crippen molar-refractivity contribution in [3.05, 3.63) is 33.8 Å². The Labute approximate surface area is 91.9 Å². The van der Waals surface area contributed by atoms with E-state index in [1.165, 1.54) is 0 Å². The van der Waals surface area contributed by atoms with Crippen molar-refractivity contribution in [2.24, 2.45) is 0 Å². The molecule has 2 aromatic rings. The molecule has 0 atom stereocenters. The lowest BCUT2D eigenvalue weighted by molar-refractivity contribution is 1.18. The number of aryl methyl sites for hydroxylation is 2. The van der Waals surface area contributed by atoms with E-state index in [2.05, 4.69) is 9.97 Å². The Morgan fingerprint density at radius 2 is 1.36 bits per heavy atom. The van der Waals surface area contributed by atoms with Gasteiger partial charge in [0.05, 0.1) is 0 Å². The van der Waals surface area contributed by atoms with Gasteiger partial charge in [-0.3, -0.25) is 0 Å². The van der Waals surface area contributed by atoms with Crippen molar-refractivity contribution in [2.45, 2.75) is 13.8 Å². The molecule has 0 amide bonds. The highest BCUT2D eigenvalue weighted by molar-refractivity contribution is 6.31. The van der Waals surface area contributed by atoms with E-state index in [0.29, 0.717) is 10.3 Å². The van der Waals surface area contributed by atoms with Gasteiger partial charge in [0.25, 0.3) is 0 Å². The first-order chi connectivity index (χ1) is 6.58. The highest BCUT2D eigenvalue weighted by Crippen LogP contribution is 2.25. The Bertz CT molecular complexity index is 466. The maximum Gasteiger partial charge on any atom is 0.129 e. The monoisotopic (exact) mass is 226 g/mol. The molecule has 2 aromatic heterocycles. The fourth-order valence-electron chi connectivity index (χ4n) is 1.62. The van der Waals surface area contributed by atoms with Crippen LogP contribution in [0.1, 0.15) is 11.4 Å². The Balaban J connectivity index is 2.94. The fraction of sp³-hybridized carbons (Fsp3) is 0.200. The number of rotatable bonds is 0. The summed E-state index contributed by atoms with van der Waals surface area (Å²) < 4.78 is 0. The van der Waals surface area contributed by atoms with Gasteiger partial charge in [0.15, 0.2) is 0 Å². The number of halogens is 2. The molecule has 0 saturated heterocycles. The van der Waals surface area contributed by atoms with Gasteiger partial charge < -0.3 is 0 Å². The summed E-state index contributed by atoms with van der Waals surface area (Å²) in [5.74, 6) is 0. The second kappa shape index (κ2) is 3.37. The summed E-state index contributed by atoms with van der Waals surface area (Å²) in [6.07, 6.45) is 0. The normalized spacial score (nSPS) is 10.9. The molecular formula is C10H8Cl2N2. The van der Waals surface area contributed by atoms with Crippen LogP contribution in [0.25, 0.3) is 10.8 Å². The molecule has 72 valence electrons. The van der Waals surface area contributed by atoms with Crippen LogP contribution in [0.3, 0.4) is 0 Å². The van der Waals surface area contributed by atoms with Crippen molar-refractivity contribution in [3.8, 4) is 0 Å². The molecule has 0 aromatic carbocycles. The van der Waals surface area contributed by atoms with Crippen molar-refractivity contribution in [1.29, 1.82) is 0 Å². The van der Waals surface area contributed by atoms with Crippen molar-refractivity contribution < 1.29 is 0 Å². The van der Waals surface area contributed by atoms with E-state index in [4.69, 9.17) is 23.2 Å². The minimum Gasteiger partial charge on any atom is -0.241 e. The van der Waals surface area contributed by atoms with E-state index in [1.807, 2.05) is 13.8 Å². The van der Waals surface area contributed by atoms with Gasteiger partial charge in [-0.15, -0.1) is 0 Å². The van der Waals surface area contributed by atoms with E-state index in [-0.39, 0.29) is 0 Å². The van der Waals surface area contributed by atoms with E-state index < -0.39 is 0 Å². The van der Waals surface area contributed by atoms with Crippen LogP contribution in [0, 0.1) is 13.8 Å². The van der Waals surface area contributed by atoms with Crippen molar-refractivity contribution in [3.63, 3.8) is 0 Å². The average Bonchev–Trinajstić information content (AvgIpc) is 1.99. The molecule has 0 aliphatic carbocycles. The minimum atomic E-state index is 0.483. The zero-order valence-electron chi connectivity index (χ0n) is 7.81. The molecule has 4 heteroatoms. The van der Waals surface area contributed by atoms with Crippen molar-refractivity contribution in [2.75, 3.05) is 0 Å². The van der Waals surface area contributed by atoms with Crippen LogP contribution in [-0.4, -0.2) is 9.97 Å². The van der Waals surface area contributed by atoms with Gasteiger partial charge in [0.2, 0.25) is 0 Å². The standard InChI is InChI=1S/C10H8Cl2N2/c1-5-10-6(2)14-9(12)4-7(10)3-8(11)13-5/h3-4H,1-2H3. The van der Waals surface area contributed by atoms with Crippen LogP contribution in [0.4, 0.5) is 0 Å². The van der Waals surface area contributed by atoms with Crippen LogP contribution in [0.15, 0.2) is 12.1 Å². The topological polar surface area (TPSA) is 25.8 Å². The number of pyridine rings is 2. The van der Waals surface area contributed by atoms with Crippen LogP contribution in [0.2, 0.25) is 10.3 Å². The molecule has 2 rings (SSSR count). The first-order valence-corrected chi connectivity index (χ1v) is 4.93. The maximum atomic E-state index is 5.85. The van der Waals surface area contributed by atoms with Gasteiger partial charge in [-0.2, -0.15) is 0 Å². The average molecular weight is 227 g/mol. The predicted octanol–water partition coefficient (Wildman–Crippen LogP) is 3.55. The van der Waals surface area contributed by atoms with Gasteiger partial charge in [-0.1, -0.05) is 23.2 Å². The minimum absolute atomic E-state index is 0.483. The van der Waals surface area contributed by atoms with Gasteiger partial charge in [-0.05, 0) is 31.4 Å². The fourth-order valence-corrected chi connectivity index (χ4v) is 2.11. The summed E-state index contributed by atoms with van der Waals surface area (Å²) in [4.78, 5) is 8.35. The molecule has 0 bridgehead atoms. The summed E-state index contributed by atoms with van der Waals surface area (Å²) in [5, 5.41) is 2.98. The molecule has 2 heterocycles. The van der Waals surface area contributed by atoms with Gasteiger partial charge in [-0.25, -0.2) is 9.97 Å². The largest absolute Gasteiger partial charge is 0.241 e. The Morgan fingerprint density at radius 1 is 0.929 bits per heavy atom. The summed E-state index contributed by atoms with van der Waals surface area (Å²) >= 11 is 11.7. The van der Waals surface area contributed by atoms with Crippen LogP contribution >= 0.6 is 23.2 Å². The Morgan fingerprint density at radius 3 is 1.79 bits per heavy atom. The second-order valence-corrected chi connectivity index (χ2v) is 3.93. The molecule has 2 nitrogen and oxygen atoms in total. The van der Waals surface area contributed by atoms with Crippen LogP contribution < -0.4 is 0 Å². The van der Waals surface area contributed by atoms with Crippen molar-refractivity contribution >= 4 is 34.0 Å². The Hall–Kier alpha value is -0.860. The van der Waals surface area contributed by atoms with Crippen molar-refractivity contribution in [1.82, 2.24) is 9.97 Å². The lowest BCUT2D eigenvalue weighted by atomic mass is 10.1. The third-order valence-electron chi connectivity index (χ3n) is 2.11. The lowest BCUT2D eigenvalue weighted by Gasteiger charge is -2.05. The van der Waals surface area contributed by atoms with Crippen LogP contribution in [0.5, 0.6) is 0 Å². The number of fused-ring (bicyclic) bond motifs is 1. The predicted molar refractivity (Wildman–Crippen MR) is 59.0 cm³/mol. The van der Waals surface area contributed by atoms with Gasteiger partial charge in [0.1, 0.15) is 10.3 Å². The molecule has 0 fully saturated rings. The second-order valence-electron chi connectivity index (χ2n) is 3.16. The number of hydrogen-bond donors (Lipinski definition) is 0. The molecule has 0 spiro atoms. The molecule has 0 radical (unpaired) electrons. The third-order valence-corrected chi connectivity index (χ3v) is 2.50. The van der Waals surface area contributed by atoms with E-state index in [1.54, 1.807) is 12.1 Å². The molecule has 0 aliphatic rings.